The minimum Gasteiger partial charge on any atom is -0.480 e. The van der Waals surface area contributed by atoms with Crippen molar-refractivity contribution < 1.29 is 19.5 Å². The molecule has 1 rings (SSSR count). The number of urea groups is 1. The van der Waals surface area contributed by atoms with Crippen LogP contribution in [0.25, 0.3) is 0 Å². The number of hydrogen-bond donors (Lipinski definition) is 4. The standard InChI is InChI=1S/C14H19N3O4/c1-8-4-9(2)13(10(3)5-8)17-14(21)16-6-11(18)15-7-12(19)20/h4-5H,6-7H2,1-3H3,(H,15,18)(H,19,20)(H2,16,17,21). The third kappa shape index (κ3) is 5.52. The Bertz CT molecular complexity index is 546. The van der Waals surface area contributed by atoms with Crippen LogP contribution < -0.4 is 16.0 Å². The summed E-state index contributed by atoms with van der Waals surface area (Å²) in [7, 11) is 0. The number of hydrogen-bond acceptors (Lipinski definition) is 3. The zero-order valence-electron chi connectivity index (χ0n) is 12.2. The summed E-state index contributed by atoms with van der Waals surface area (Å²) in [4.78, 5) is 33.3. The molecule has 1 aromatic carbocycles. The van der Waals surface area contributed by atoms with E-state index in [9.17, 15) is 14.4 Å². The van der Waals surface area contributed by atoms with Gasteiger partial charge in [0.1, 0.15) is 6.54 Å². The van der Waals surface area contributed by atoms with Gasteiger partial charge in [0.25, 0.3) is 0 Å². The molecular weight excluding hydrogens is 274 g/mol. The Kier molecular flexibility index (Phi) is 5.71. The largest absolute Gasteiger partial charge is 0.480 e. The molecule has 1 aromatic rings. The lowest BCUT2D eigenvalue weighted by atomic mass is 10.1. The fourth-order valence-electron chi connectivity index (χ4n) is 1.93. The van der Waals surface area contributed by atoms with Crippen molar-refractivity contribution in [3.8, 4) is 0 Å². The lowest BCUT2D eigenvalue weighted by Gasteiger charge is -2.13. The smallest absolute Gasteiger partial charge is 0.322 e. The summed E-state index contributed by atoms with van der Waals surface area (Å²) in [5, 5.41) is 15.6. The summed E-state index contributed by atoms with van der Waals surface area (Å²) in [5.41, 5.74) is 3.66. The van der Waals surface area contributed by atoms with Crippen LogP contribution in [0.4, 0.5) is 10.5 Å². The van der Waals surface area contributed by atoms with E-state index in [1.165, 1.54) is 0 Å². The van der Waals surface area contributed by atoms with Gasteiger partial charge < -0.3 is 21.1 Å². The van der Waals surface area contributed by atoms with Crippen LogP contribution >= 0.6 is 0 Å². The Morgan fingerprint density at radius 1 is 1.00 bits per heavy atom. The lowest BCUT2D eigenvalue weighted by Crippen LogP contribution is -2.40. The summed E-state index contributed by atoms with van der Waals surface area (Å²) in [6.45, 7) is 4.97. The number of carboxylic acid groups (broad SMARTS) is 1. The lowest BCUT2D eigenvalue weighted by molar-refractivity contribution is -0.137. The second kappa shape index (κ2) is 7.28. The molecular formula is C14H19N3O4. The van der Waals surface area contributed by atoms with E-state index < -0.39 is 24.5 Å². The molecule has 0 radical (unpaired) electrons. The van der Waals surface area contributed by atoms with Gasteiger partial charge in [-0.2, -0.15) is 0 Å². The average molecular weight is 293 g/mol. The van der Waals surface area contributed by atoms with Crippen LogP contribution in [0.5, 0.6) is 0 Å². The second-order valence-corrected chi connectivity index (χ2v) is 4.75. The number of aliphatic carboxylic acids is 1. The highest BCUT2D eigenvalue weighted by Crippen LogP contribution is 2.21. The van der Waals surface area contributed by atoms with Gasteiger partial charge in [0.05, 0.1) is 6.54 Å². The number of carbonyl (C=O) groups excluding carboxylic acids is 2. The Morgan fingerprint density at radius 2 is 1.57 bits per heavy atom. The van der Waals surface area contributed by atoms with Gasteiger partial charge in [-0.15, -0.1) is 0 Å². The van der Waals surface area contributed by atoms with Crippen LogP contribution in [0.2, 0.25) is 0 Å². The second-order valence-electron chi connectivity index (χ2n) is 4.75. The first-order valence-corrected chi connectivity index (χ1v) is 6.40. The van der Waals surface area contributed by atoms with Gasteiger partial charge >= 0.3 is 12.0 Å². The summed E-state index contributed by atoms with van der Waals surface area (Å²) in [5.74, 6) is -1.70. The molecule has 0 aliphatic carbocycles. The molecule has 0 unspecified atom stereocenters. The van der Waals surface area contributed by atoms with Crippen LogP contribution in [0.15, 0.2) is 12.1 Å². The van der Waals surface area contributed by atoms with E-state index in [1.54, 1.807) is 0 Å². The van der Waals surface area contributed by atoms with Crippen molar-refractivity contribution in [1.82, 2.24) is 10.6 Å². The normalized spacial score (nSPS) is 9.86. The maximum atomic E-state index is 11.7. The number of carbonyl (C=O) groups is 3. The van der Waals surface area contributed by atoms with Gasteiger partial charge in [0.2, 0.25) is 5.91 Å². The number of amides is 3. The highest BCUT2D eigenvalue weighted by molar-refractivity contribution is 5.94. The van der Waals surface area contributed by atoms with Crippen LogP contribution in [0.3, 0.4) is 0 Å². The average Bonchev–Trinajstić information content (AvgIpc) is 2.38. The molecule has 4 N–H and O–H groups in total. The molecule has 0 aromatic heterocycles. The summed E-state index contributed by atoms with van der Waals surface area (Å²) in [6, 6.07) is 3.38. The minimum atomic E-state index is -1.14. The van der Waals surface area contributed by atoms with Gasteiger partial charge in [-0.25, -0.2) is 4.79 Å². The van der Waals surface area contributed by atoms with E-state index in [0.717, 1.165) is 16.7 Å². The monoisotopic (exact) mass is 293 g/mol. The molecule has 3 amide bonds. The third-order valence-corrected chi connectivity index (χ3v) is 2.76. The van der Waals surface area contributed by atoms with Crippen molar-refractivity contribution in [3.05, 3.63) is 28.8 Å². The van der Waals surface area contributed by atoms with Gasteiger partial charge in [-0.3, -0.25) is 9.59 Å². The summed E-state index contributed by atoms with van der Waals surface area (Å²) < 4.78 is 0. The Balaban J connectivity index is 2.51. The van der Waals surface area contributed by atoms with Crippen molar-refractivity contribution in [3.63, 3.8) is 0 Å². The molecule has 0 spiro atoms. The summed E-state index contributed by atoms with van der Waals surface area (Å²) in [6.07, 6.45) is 0. The van der Waals surface area contributed by atoms with Crippen molar-refractivity contribution in [2.24, 2.45) is 0 Å². The molecule has 7 nitrogen and oxygen atoms in total. The molecule has 0 saturated carbocycles. The Hall–Kier alpha value is -2.57. The van der Waals surface area contributed by atoms with Crippen molar-refractivity contribution in [2.75, 3.05) is 18.4 Å². The minimum absolute atomic E-state index is 0.289. The zero-order valence-corrected chi connectivity index (χ0v) is 12.2. The van der Waals surface area contributed by atoms with E-state index in [0.29, 0.717) is 5.69 Å². The fraction of sp³-hybridized carbons (Fsp3) is 0.357. The van der Waals surface area contributed by atoms with E-state index in [2.05, 4.69) is 16.0 Å². The first kappa shape index (κ1) is 16.5. The van der Waals surface area contributed by atoms with E-state index >= 15 is 0 Å². The summed E-state index contributed by atoms with van der Waals surface area (Å²) >= 11 is 0. The molecule has 7 heteroatoms. The molecule has 114 valence electrons. The molecule has 0 aliphatic heterocycles. The number of nitrogens with one attached hydrogen (secondary N) is 3. The van der Waals surface area contributed by atoms with Crippen molar-refractivity contribution >= 4 is 23.6 Å². The number of rotatable bonds is 5. The van der Waals surface area contributed by atoms with E-state index in [4.69, 9.17) is 5.11 Å². The molecule has 0 fully saturated rings. The van der Waals surface area contributed by atoms with Gasteiger partial charge in [-0.05, 0) is 31.9 Å². The number of aryl methyl sites for hydroxylation is 3. The molecule has 21 heavy (non-hydrogen) atoms. The van der Waals surface area contributed by atoms with Crippen LogP contribution in [0, 0.1) is 20.8 Å². The Morgan fingerprint density at radius 3 is 2.10 bits per heavy atom. The number of carboxylic acids is 1. The van der Waals surface area contributed by atoms with Gasteiger partial charge in [0.15, 0.2) is 0 Å². The van der Waals surface area contributed by atoms with Crippen molar-refractivity contribution in [1.29, 1.82) is 0 Å². The predicted molar refractivity (Wildman–Crippen MR) is 78.3 cm³/mol. The quantitative estimate of drug-likeness (QED) is 0.648. The molecule has 0 atom stereocenters. The number of anilines is 1. The molecule has 0 saturated heterocycles. The molecule has 0 bridgehead atoms. The van der Waals surface area contributed by atoms with Gasteiger partial charge in [-0.1, -0.05) is 17.7 Å². The highest BCUT2D eigenvalue weighted by atomic mass is 16.4. The van der Waals surface area contributed by atoms with E-state index in [1.807, 2.05) is 32.9 Å². The first-order valence-electron chi connectivity index (χ1n) is 6.40. The molecule has 0 heterocycles. The van der Waals surface area contributed by atoms with Crippen LogP contribution in [-0.2, 0) is 9.59 Å². The Labute approximate surface area is 122 Å². The fourth-order valence-corrected chi connectivity index (χ4v) is 1.93. The maximum absolute atomic E-state index is 11.7. The SMILES string of the molecule is Cc1cc(C)c(NC(=O)NCC(=O)NCC(=O)O)c(C)c1. The zero-order chi connectivity index (χ0) is 16.0. The maximum Gasteiger partial charge on any atom is 0.322 e. The first-order chi connectivity index (χ1) is 9.79. The predicted octanol–water partition coefficient (Wildman–Crippen LogP) is 0.934. The highest BCUT2D eigenvalue weighted by Gasteiger charge is 2.10. The van der Waals surface area contributed by atoms with E-state index in [-0.39, 0.29) is 6.54 Å². The van der Waals surface area contributed by atoms with Crippen molar-refractivity contribution in [2.45, 2.75) is 20.8 Å². The number of benzene rings is 1. The van der Waals surface area contributed by atoms with Crippen LogP contribution in [-0.4, -0.2) is 36.1 Å². The molecule has 0 aliphatic rings. The topological polar surface area (TPSA) is 108 Å². The van der Waals surface area contributed by atoms with Gasteiger partial charge in [0, 0.05) is 5.69 Å². The third-order valence-electron chi connectivity index (χ3n) is 2.76. The van der Waals surface area contributed by atoms with Crippen LogP contribution in [0.1, 0.15) is 16.7 Å².